The summed E-state index contributed by atoms with van der Waals surface area (Å²) < 4.78 is 91.0. The highest BCUT2D eigenvalue weighted by Crippen LogP contribution is 2.33. The van der Waals surface area contributed by atoms with E-state index < -0.39 is 30.2 Å². The normalized spacial score (nSPS) is 11.6. The van der Waals surface area contributed by atoms with Crippen molar-refractivity contribution in [3.63, 3.8) is 0 Å². The van der Waals surface area contributed by atoms with Crippen molar-refractivity contribution in [2.45, 2.75) is 25.9 Å². The van der Waals surface area contributed by atoms with Gasteiger partial charge in [0, 0.05) is 17.5 Å². The maximum atomic E-state index is 15.2. The molecule has 0 bridgehead atoms. The Morgan fingerprint density at radius 2 is 1.42 bits per heavy atom. The molecule has 0 unspecified atom stereocenters. The van der Waals surface area contributed by atoms with E-state index >= 15 is 4.39 Å². The molecule has 0 fully saturated rings. The second kappa shape index (κ2) is 10.5. The SMILES string of the molecule is CCOc1cc(F)c(-c2ccc3c(F)c(CCc4ccc(OCC(F)(F)F)cc4)ccc3c2)c(F)c1. The van der Waals surface area contributed by atoms with E-state index in [1.54, 1.807) is 31.2 Å². The second-order valence-electron chi connectivity index (χ2n) is 8.22. The van der Waals surface area contributed by atoms with Crippen LogP contribution < -0.4 is 9.47 Å². The van der Waals surface area contributed by atoms with Gasteiger partial charge in [0.2, 0.25) is 0 Å². The van der Waals surface area contributed by atoms with Gasteiger partial charge in [0.05, 0.1) is 12.2 Å². The first-order valence-corrected chi connectivity index (χ1v) is 11.3. The minimum absolute atomic E-state index is 0.0937. The van der Waals surface area contributed by atoms with E-state index in [0.29, 0.717) is 29.2 Å². The third-order valence-corrected chi connectivity index (χ3v) is 5.66. The molecule has 0 aliphatic heterocycles. The molecule has 0 heterocycles. The van der Waals surface area contributed by atoms with Gasteiger partial charge < -0.3 is 9.47 Å². The van der Waals surface area contributed by atoms with E-state index in [4.69, 9.17) is 9.47 Å². The van der Waals surface area contributed by atoms with Crippen LogP contribution in [0, 0.1) is 17.5 Å². The Kier molecular flexibility index (Phi) is 7.43. The largest absolute Gasteiger partial charge is 0.494 e. The first-order valence-electron chi connectivity index (χ1n) is 11.3. The number of rotatable bonds is 8. The maximum absolute atomic E-state index is 15.2. The molecule has 4 aromatic rings. The van der Waals surface area contributed by atoms with Gasteiger partial charge >= 0.3 is 6.18 Å². The number of hydrogen-bond donors (Lipinski definition) is 0. The van der Waals surface area contributed by atoms with Crippen LogP contribution >= 0.6 is 0 Å². The van der Waals surface area contributed by atoms with Gasteiger partial charge in [-0.05, 0) is 60.0 Å². The Balaban J connectivity index is 1.50. The van der Waals surface area contributed by atoms with E-state index in [1.807, 2.05) is 0 Å². The highest BCUT2D eigenvalue weighted by molar-refractivity contribution is 5.88. The van der Waals surface area contributed by atoms with Crippen molar-refractivity contribution in [3.8, 4) is 22.6 Å². The van der Waals surface area contributed by atoms with Gasteiger partial charge in [0.15, 0.2) is 6.61 Å². The second-order valence-corrected chi connectivity index (χ2v) is 8.22. The third-order valence-electron chi connectivity index (χ3n) is 5.66. The number of halogens is 6. The molecule has 0 spiro atoms. The summed E-state index contributed by atoms with van der Waals surface area (Å²) >= 11 is 0. The van der Waals surface area contributed by atoms with Crippen LogP contribution in [-0.4, -0.2) is 19.4 Å². The zero-order valence-electron chi connectivity index (χ0n) is 19.3. The first-order chi connectivity index (χ1) is 17.1. The van der Waals surface area contributed by atoms with Gasteiger partial charge in [0.25, 0.3) is 0 Å². The molecule has 0 aromatic heterocycles. The molecule has 4 aromatic carbocycles. The first kappa shape index (κ1) is 25.4. The Labute approximate surface area is 204 Å². The van der Waals surface area contributed by atoms with E-state index in [9.17, 15) is 22.0 Å². The molecule has 0 aliphatic carbocycles. The zero-order valence-corrected chi connectivity index (χ0v) is 19.3. The minimum Gasteiger partial charge on any atom is -0.494 e. The molecule has 4 rings (SSSR count). The molecule has 0 saturated heterocycles. The smallest absolute Gasteiger partial charge is 0.422 e. The summed E-state index contributed by atoms with van der Waals surface area (Å²) in [6.07, 6.45) is -3.60. The molecule has 0 atom stereocenters. The minimum atomic E-state index is -4.41. The van der Waals surface area contributed by atoms with Crippen LogP contribution in [0.1, 0.15) is 18.1 Å². The highest BCUT2D eigenvalue weighted by Gasteiger charge is 2.28. The lowest BCUT2D eigenvalue weighted by molar-refractivity contribution is -0.153. The molecule has 188 valence electrons. The summed E-state index contributed by atoms with van der Waals surface area (Å²) in [5.74, 6) is -1.79. The summed E-state index contributed by atoms with van der Waals surface area (Å²) in [4.78, 5) is 0. The predicted octanol–water partition coefficient (Wildman–Crippen LogP) is 8.05. The lowest BCUT2D eigenvalue weighted by Crippen LogP contribution is -2.19. The van der Waals surface area contributed by atoms with Crippen molar-refractivity contribution in [1.82, 2.24) is 0 Å². The molecule has 8 heteroatoms. The van der Waals surface area contributed by atoms with Gasteiger partial charge in [-0.2, -0.15) is 13.2 Å². The quantitative estimate of drug-likeness (QED) is 0.226. The zero-order chi connectivity index (χ0) is 25.9. The third kappa shape index (κ3) is 5.93. The molecule has 0 radical (unpaired) electrons. The highest BCUT2D eigenvalue weighted by atomic mass is 19.4. The Bertz CT molecular complexity index is 1340. The topological polar surface area (TPSA) is 18.5 Å². The predicted molar refractivity (Wildman–Crippen MR) is 126 cm³/mol. The molecule has 36 heavy (non-hydrogen) atoms. The van der Waals surface area contributed by atoms with Gasteiger partial charge in [-0.1, -0.05) is 36.4 Å². The van der Waals surface area contributed by atoms with Crippen molar-refractivity contribution in [1.29, 1.82) is 0 Å². The average molecular weight is 504 g/mol. The number of alkyl halides is 3. The number of benzene rings is 4. The van der Waals surface area contributed by atoms with Crippen LogP contribution in [0.15, 0.2) is 66.7 Å². The van der Waals surface area contributed by atoms with E-state index in [1.165, 1.54) is 30.3 Å². The van der Waals surface area contributed by atoms with Crippen molar-refractivity contribution in [2.24, 2.45) is 0 Å². The standard InChI is InChI=1S/C28H22F6O2/c1-2-35-22-14-24(29)26(25(30)15-22)20-9-12-23-19(13-20)8-7-18(27(23)31)6-3-17-4-10-21(11-5-17)36-16-28(32,33)34/h4-5,7-15H,2-3,6,16H2,1H3. The fourth-order valence-electron chi connectivity index (χ4n) is 3.96. The van der Waals surface area contributed by atoms with Crippen molar-refractivity contribution in [3.05, 3.63) is 95.3 Å². The lowest BCUT2D eigenvalue weighted by atomic mass is 9.96. The molecule has 0 N–H and O–H groups in total. The molecular weight excluding hydrogens is 482 g/mol. The van der Waals surface area contributed by atoms with Crippen LogP contribution in [-0.2, 0) is 12.8 Å². The Morgan fingerprint density at radius 1 is 0.722 bits per heavy atom. The van der Waals surface area contributed by atoms with Crippen LogP contribution in [0.3, 0.4) is 0 Å². The Hall–Kier alpha value is -3.68. The van der Waals surface area contributed by atoms with Crippen molar-refractivity contribution >= 4 is 10.8 Å². The van der Waals surface area contributed by atoms with E-state index in [0.717, 1.165) is 17.7 Å². The van der Waals surface area contributed by atoms with Crippen LogP contribution in [0.25, 0.3) is 21.9 Å². The van der Waals surface area contributed by atoms with Gasteiger partial charge in [-0.3, -0.25) is 0 Å². The summed E-state index contributed by atoms with van der Waals surface area (Å²) in [5.41, 5.74) is 1.32. The maximum Gasteiger partial charge on any atom is 0.422 e. The average Bonchev–Trinajstić information content (AvgIpc) is 2.82. The van der Waals surface area contributed by atoms with Crippen LogP contribution in [0.5, 0.6) is 11.5 Å². The van der Waals surface area contributed by atoms with E-state index in [2.05, 4.69) is 0 Å². The van der Waals surface area contributed by atoms with Gasteiger partial charge in [0.1, 0.15) is 29.0 Å². The fourth-order valence-corrected chi connectivity index (χ4v) is 3.96. The van der Waals surface area contributed by atoms with Crippen LogP contribution in [0.2, 0.25) is 0 Å². The number of fused-ring (bicyclic) bond motifs is 1. The summed E-state index contributed by atoms with van der Waals surface area (Å²) in [7, 11) is 0. The summed E-state index contributed by atoms with van der Waals surface area (Å²) in [6, 6.07) is 16.2. The molecule has 0 aliphatic rings. The molecule has 0 saturated carbocycles. The number of ether oxygens (including phenoxy) is 2. The number of aryl methyl sites for hydroxylation is 2. The van der Waals surface area contributed by atoms with Gasteiger partial charge in [-0.15, -0.1) is 0 Å². The van der Waals surface area contributed by atoms with Gasteiger partial charge in [-0.25, -0.2) is 13.2 Å². The number of hydrogen-bond acceptors (Lipinski definition) is 2. The molecular formula is C28H22F6O2. The Morgan fingerprint density at radius 3 is 2.06 bits per heavy atom. The monoisotopic (exact) mass is 504 g/mol. The fraction of sp³-hybridized carbons (Fsp3) is 0.214. The van der Waals surface area contributed by atoms with Crippen LogP contribution in [0.4, 0.5) is 26.3 Å². The van der Waals surface area contributed by atoms with Crippen molar-refractivity contribution in [2.75, 3.05) is 13.2 Å². The van der Waals surface area contributed by atoms with E-state index in [-0.39, 0.29) is 29.2 Å². The molecule has 2 nitrogen and oxygen atoms in total. The summed E-state index contributed by atoms with van der Waals surface area (Å²) in [6.45, 7) is 0.620. The lowest BCUT2D eigenvalue weighted by Gasteiger charge is -2.12. The molecule has 0 amide bonds. The summed E-state index contributed by atoms with van der Waals surface area (Å²) in [5, 5.41) is 0.812. The van der Waals surface area contributed by atoms with Crippen molar-refractivity contribution < 1.29 is 35.8 Å².